The Labute approximate surface area is 66.9 Å². The van der Waals surface area contributed by atoms with E-state index in [-0.39, 0.29) is 12.6 Å². The van der Waals surface area contributed by atoms with Gasteiger partial charge in [-0.15, -0.1) is 0 Å². The van der Waals surface area contributed by atoms with Gasteiger partial charge in [0, 0.05) is 19.6 Å². The van der Waals surface area contributed by atoms with Gasteiger partial charge in [0.25, 0.3) is 0 Å². The van der Waals surface area contributed by atoms with Crippen LogP contribution in [0, 0.1) is 0 Å². The Morgan fingerprint density at radius 2 is 2.55 bits per heavy atom. The number of nitrogens with one attached hydrogen (secondary N) is 1. The van der Waals surface area contributed by atoms with Gasteiger partial charge in [-0.25, -0.2) is 0 Å². The number of hydrogen-bond donors (Lipinski definition) is 2. The summed E-state index contributed by atoms with van der Waals surface area (Å²) in [5, 5.41) is 11.8. The van der Waals surface area contributed by atoms with Crippen molar-refractivity contribution in [1.82, 2.24) is 10.2 Å². The predicted octanol–water partition coefficient (Wildman–Crippen LogP) is -0.742. The van der Waals surface area contributed by atoms with Crippen molar-refractivity contribution >= 4 is 5.96 Å². The van der Waals surface area contributed by atoms with E-state index in [9.17, 15) is 0 Å². The highest BCUT2D eigenvalue weighted by atomic mass is 16.3. The highest BCUT2D eigenvalue weighted by Crippen LogP contribution is 1.95. The van der Waals surface area contributed by atoms with Crippen molar-refractivity contribution in [1.29, 1.82) is 0 Å². The molecule has 0 aliphatic carbocycles. The first kappa shape index (κ1) is 8.33. The van der Waals surface area contributed by atoms with E-state index in [1.165, 1.54) is 0 Å². The van der Waals surface area contributed by atoms with Gasteiger partial charge in [-0.2, -0.15) is 0 Å². The van der Waals surface area contributed by atoms with Crippen LogP contribution in [0.4, 0.5) is 0 Å². The molecule has 1 unspecified atom stereocenters. The Balaban J connectivity index is 2.36. The van der Waals surface area contributed by atoms with E-state index in [4.69, 9.17) is 5.11 Å². The molecule has 4 nitrogen and oxygen atoms in total. The van der Waals surface area contributed by atoms with Crippen molar-refractivity contribution < 1.29 is 5.11 Å². The van der Waals surface area contributed by atoms with Crippen LogP contribution in [-0.2, 0) is 0 Å². The molecule has 0 saturated carbocycles. The van der Waals surface area contributed by atoms with E-state index >= 15 is 0 Å². The summed E-state index contributed by atoms with van der Waals surface area (Å²) in [4.78, 5) is 6.27. The quantitative estimate of drug-likeness (QED) is 0.555. The molecule has 1 heterocycles. The largest absolute Gasteiger partial charge is 0.394 e. The lowest BCUT2D eigenvalue weighted by atomic mass is 10.4. The number of rotatable bonds is 2. The molecule has 0 fully saturated rings. The molecule has 1 aliphatic heterocycles. The third kappa shape index (κ3) is 2.08. The number of aliphatic hydroxyl groups is 1. The SMILES string of the molecule is CC(CO)NC1=NCCN1C. The average molecular weight is 157 g/mol. The Bertz CT molecular complexity index is 158. The lowest BCUT2D eigenvalue weighted by molar-refractivity contribution is 0.261. The molecule has 4 heteroatoms. The van der Waals surface area contributed by atoms with Crippen LogP contribution >= 0.6 is 0 Å². The van der Waals surface area contributed by atoms with E-state index in [1.807, 2.05) is 18.9 Å². The summed E-state index contributed by atoms with van der Waals surface area (Å²) in [7, 11) is 1.99. The molecule has 0 saturated heterocycles. The zero-order valence-corrected chi connectivity index (χ0v) is 7.04. The summed E-state index contributed by atoms with van der Waals surface area (Å²) in [5.74, 6) is 0.895. The third-order valence-corrected chi connectivity index (χ3v) is 1.71. The summed E-state index contributed by atoms with van der Waals surface area (Å²) in [5.41, 5.74) is 0. The van der Waals surface area contributed by atoms with E-state index in [0.29, 0.717) is 0 Å². The second-order valence-corrected chi connectivity index (χ2v) is 2.85. The van der Waals surface area contributed by atoms with Crippen molar-refractivity contribution in [3.05, 3.63) is 0 Å². The lowest BCUT2D eigenvalue weighted by Gasteiger charge is -2.18. The van der Waals surface area contributed by atoms with Crippen molar-refractivity contribution in [2.24, 2.45) is 4.99 Å². The van der Waals surface area contributed by atoms with Crippen LogP contribution in [-0.4, -0.2) is 48.8 Å². The first-order valence-electron chi connectivity index (χ1n) is 3.87. The van der Waals surface area contributed by atoms with Gasteiger partial charge in [-0.3, -0.25) is 4.99 Å². The molecule has 1 aliphatic rings. The predicted molar refractivity (Wildman–Crippen MR) is 44.6 cm³/mol. The first-order chi connectivity index (χ1) is 5.24. The molecule has 1 rings (SSSR count). The standard InChI is InChI=1S/C7H15N3O/c1-6(5-11)9-7-8-3-4-10(7)2/h6,11H,3-5H2,1-2H3,(H,8,9). The Morgan fingerprint density at radius 1 is 1.82 bits per heavy atom. The van der Waals surface area contributed by atoms with Crippen molar-refractivity contribution in [2.45, 2.75) is 13.0 Å². The topological polar surface area (TPSA) is 47.9 Å². The second-order valence-electron chi connectivity index (χ2n) is 2.85. The number of aliphatic imine (C=N–C) groups is 1. The van der Waals surface area contributed by atoms with Gasteiger partial charge < -0.3 is 15.3 Å². The number of hydrogen-bond acceptors (Lipinski definition) is 4. The zero-order chi connectivity index (χ0) is 8.27. The molecule has 0 aromatic rings. The van der Waals surface area contributed by atoms with Gasteiger partial charge in [-0.1, -0.05) is 0 Å². The van der Waals surface area contributed by atoms with Crippen LogP contribution in [0.5, 0.6) is 0 Å². The van der Waals surface area contributed by atoms with E-state index in [2.05, 4.69) is 10.3 Å². The molecule has 0 bridgehead atoms. The molecule has 0 radical (unpaired) electrons. The molecule has 0 amide bonds. The minimum Gasteiger partial charge on any atom is -0.394 e. The fourth-order valence-corrected chi connectivity index (χ4v) is 0.954. The number of guanidine groups is 1. The minimum atomic E-state index is 0.0919. The van der Waals surface area contributed by atoms with Crippen LogP contribution in [0.25, 0.3) is 0 Å². The monoisotopic (exact) mass is 157 g/mol. The first-order valence-corrected chi connectivity index (χ1v) is 3.87. The Morgan fingerprint density at radius 3 is 3.00 bits per heavy atom. The van der Waals surface area contributed by atoms with E-state index < -0.39 is 0 Å². The molecular weight excluding hydrogens is 142 g/mol. The third-order valence-electron chi connectivity index (χ3n) is 1.71. The van der Waals surface area contributed by atoms with Crippen LogP contribution in [0.3, 0.4) is 0 Å². The zero-order valence-electron chi connectivity index (χ0n) is 7.04. The maximum Gasteiger partial charge on any atom is 0.194 e. The molecule has 0 spiro atoms. The molecule has 0 aromatic carbocycles. The highest BCUT2D eigenvalue weighted by molar-refractivity contribution is 5.81. The van der Waals surface area contributed by atoms with E-state index in [0.717, 1.165) is 19.0 Å². The number of aliphatic hydroxyl groups excluding tert-OH is 1. The summed E-state index contributed by atoms with van der Waals surface area (Å²) in [6, 6.07) is 0.0919. The summed E-state index contributed by atoms with van der Waals surface area (Å²) >= 11 is 0. The van der Waals surface area contributed by atoms with Crippen molar-refractivity contribution in [2.75, 3.05) is 26.7 Å². The van der Waals surface area contributed by atoms with Gasteiger partial charge in [0.1, 0.15) is 0 Å². The number of likely N-dealkylation sites (N-methyl/N-ethyl adjacent to an activating group) is 1. The molecule has 2 N–H and O–H groups in total. The normalized spacial score (nSPS) is 19.9. The summed E-state index contributed by atoms with van der Waals surface area (Å²) in [6.45, 7) is 3.90. The Hall–Kier alpha value is -0.770. The molecular formula is C7H15N3O. The molecule has 0 aromatic heterocycles. The highest BCUT2D eigenvalue weighted by Gasteiger charge is 2.13. The summed E-state index contributed by atoms with van der Waals surface area (Å²) in [6.07, 6.45) is 0. The van der Waals surface area contributed by atoms with Gasteiger partial charge in [0.15, 0.2) is 5.96 Å². The van der Waals surface area contributed by atoms with Gasteiger partial charge in [0.2, 0.25) is 0 Å². The second kappa shape index (κ2) is 3.57. The molecule has 64 valence electrons. The maximum absolute atomic E-state index is 8.75. The fourth-order valence-electron chi connectivity index (χ4n) is 0.954. The summed E-state index contributed by atoms with van der Waals surface area (Å²) < 4.78 is 0. The van der Waals surface area contributed by atoms with Gasteiger partial charge in [-0.05, 0) is 6.92 Å². The fraction of sp³-hybridized carbons (Fsp3) is 0.857. The lowest BCUT2D eigenvalue weighted by Crippen LogP contribution is -2.42. The maximum atomic E-state index is 8.75. The number of nitrogens with zero attached hydrogens (tertiary/aromatic N) is 2. The smallest absolute Gasteiger partial charge is 0.194 e. The van der Waals surface area contributed by atoms with Gasteiger partial charge >= 0.3 is 0 Å². The van der Waals surface area contributed by atoms with Crippen molar-refractivity contribution in [3.63, 3.8) is 0 Å². The van der Waals surface area contributed by atoms with Gasteiger partial charge in [0.05, 0.1) is 13.2 Å². The average Bonchev–Trinajstić information content (AvgIpc) is 2.37. The van der Waals surface area contributed by atoms with Crippen LogP contribution in [0.1, 0.15) is 6.92 Å². The van der Waals surface area contributed by atoms with E-state index in [1.54, 1.807) is 0 Å². The van der Waals surface area contributed by atoms with Crippen LogP contribution in [0.15, 0.2) is 4.99 Å². The Kier molecular flexibility index (Phi) is 2.70. The van der Waals surface area contributed by atoms with Crippen molar-refractivity contribution in [3.8, 4) is 0 Å². The minimum absolute atomic E-state index is 0.0919. The van der Waals surface area contributed by atoms with Crippen LogP contribution < -0.4 is 5.32 Å². The molecule has 1 atom stereocenters. The molecule has 11 heavy (non-hydrogen) atoms. The van der Waals surface area contributed by atoms with Crippen LogP contribution in [0.2, 0.25) is 0 Å².